The first-order valence-corrected chi connectivity index (χ1v) is 8.68. The van der Waals surface area contributed by atoms with Gasteiger partial charge in [0.1, 0.15) is 0 Å². The Balaban J connectivity index is 3.76. The molecule has 18 heavy (non-hydrogen) atoms. The van der Waals surface area contributed by atoms with Gasteiger partial charge in [0.05, 0.1) is 19.8 Å². The summed E-state index contributed by atoms with van der Waals surface area (Å²) in [5.74, 6) is 0. The second-order valence-electron chi connectivity index (χ2n) is 4.30. The molecule has 0 radical (unpaired) electrons. The van der Waals surface area contributed by atoms with Gasteiger partial charge in [-0.25, -0.2) is 4.57 Å². The van der Waals surface area contributed by atoms with E-state index >= 15 is 0 Å². The summed E-state index contributed by atoms with van der Waals surface area (Å²) in [6.45, 7) is 7.27. The van der Waals surface area contributed by atoms with E-state index in [1.54, 1.807) is 6.92 Å². The zero-order chi connectivity index (χ0) is 13.7. The molecule has 0 aliphatic heterocycles. The topological polar surface area (TPSA) is 44.8 Å². The van der Waals surface area contributed by atoms with E-state index in [1.165, 1.54) is 19.3 Å². The average molecular weight is 280 g/mol. The van der Waals surface area contributed by atoms with Crippen LogP contribution in [0, 0.1) is 0 Å². The molecule has 1 unspecified atom stereocenters. The van der Waals surface area contributed by atoms with Gasteiger partial charge in [-0.2, -0.15) is 0 Å². The lowest BCUT2D eigenvalue weighted by Crippen LogP contribution is -2.02. The Morgan fingerprint density at radius 3 is 1.83 bits per heavy atom. The molecule has 0 spiro atoms. The van der Waals surface area contributed by atoms with E-state index in [2.05, 4.69) is 13.8 Å². The zero-order valence-corrected chi connectivity index (χ0v) is 13.0. The zero-order valence-electron chi connectivity index (χ0n) is 12.2. The number of unbranched alkanes of at least 4 members (excludes halogenated alkanes) is 5. The summed E-state index contributed by atoms with van der Waals surface area (Å²) in [5.41, 5.74) is 0. The van der Waals surface area contributed by atoms with Gasteiger partial charge in [-0.15, -0.1) is 0 Å². The Labute approximate surface area is 112 Å². The summed E-state index contributed by atoms with van der Waals surface area (Å²) >= 11 is 0. The molecule has 0 aromatic heterocycles. The van der Waals surface area contributed by atoms with Gasteiger partial charge in [0.25, 0.3) is 0 Å². The molecular weight excluding hydrogens is 251 g/mol. The molecule has 0 heterocycles. The van der Waals surface area contributed by atoms with E-state index in [1.807, 2.05) is 0 Å². The fraction of sp³-hybridized carbons (Fsp3) is 1.00. The molecule has 0 rings (SSSR count). The van der Waals surface area contributed by atoms with E-state index in [4.69, 9.17) is 13.6 Å². The molecule has 0 N–H and O–H groups in total. The van der Waals surface area contributed by atoms with Crippen LogP contribution in [-0.4, -0.2) is 19.8 Å². The van der Waals surface area contributed by atoms with Crippen molar-refractivity contribution < 1.29 is 18.1 Å². The molecule has 0 aromatic carbocycles. The number of hydrogen-bond acceptors (Lipinski definition) is 4. The standard InChI is InChI=1S/C13H29O4P/c1-4-7-9-10-11-13-17-18(14,15-6-3)16-12-8-5-2/h4-13H2,1-3H3. The Hall–Kier alpha value is 0.110. The van der Waals surface area contributed by atoms with Crippen molar-refractivity contribution in [2.45, 2.75) is 65.7 Å². The summed E-state index contributed by atoms with van der Waals surface area (Å²) in [6.07, 6.45) is 7.56. The Kier molecular flexibility index (Phi) is 12.2. The molecule has 0 aliphatic carbocycles. The molecule has 0 saturated carbocycles. The predicted molar refractivity (Wildman–Crippen MR) is 74.8 cm³/mol. The van der Waals surface area contributed by atoms with E-state index in [0.717, 1.165) is 25.7 Å². The molecule has 0 amide bonds. The van der Waals surface area contributed by atoms with Gasteiger partial charge < -0.3 is 0 Å². The third kappa shape index (κ3) is 10.1. The second kappa shape index (κ2) is 12.2. The number of hydrogen-bond donors (Lipinski definition) is 0. The minimum absolute atomic E-state index is 0.346. The molecule has 0 saturated heterocycles. The van der Waals surface area contributed by atoms with Crippen LogP contribution in [0.5, 0.6) is 0 Å². The van der Waals surface area contributed by atoms with E-state index in [9.17, 15) is 4.57 Å². The molecule has 0 bridgehead atoms. The highest BCUT2D eigenvalue weighted by Crippen LogP contribution is 2.49. The minimum atomic E-state index is -3.30. The maximum atomic E-state index is 12.1. The van der Waals surface area contributed by atoms with Gasteiger partial charge in [-0.3, -0.25) is 13.6 Å². The highest BCUT2D eigenvalue weighted by Gasteiger charge is 2.25. The minimum Gasteiger partial charge on any atom is -0.287 e. The SMILES string of the molecule is CCCCCCCOP(=O)(OCC)OCCCC. The van der Waals surface area contributed by atoms with Crippen molar-refractivity contribution in [3.8, 4) is 0 Å². The number of phosphoric acid groups is 1. The summed E-state index contributed by atoms with van der Waals surface area (Å²) in [6, 6.07) is 0. The molecule has 4 nitrogen and oxygen atoms in total. The van der Waals surface area contributed by atoms with Crippen LogP contribution < -0.4 is 0 Å². The van der Waals surface area contributed by atoms with Crippen LogP contribution in [-0.2, 0) is 18.1 Å². The van der Waals surface area contributed by atoms with E-state index in [0.29, 0.717) is 19.8 Å². The van der Waals surface area contributed by atoms with Gasteiger partial charge in [-0.1, -0.05) is 46.0 Å². The van der Waals surface area contributed by atoms with Gasteiger partial charge in [-0.05, 0) is 19.8 Å². The maximum Gasteiger partial charge on any atom is 0.474 e. The van der Waals surface area contributed by atoms with Crippen LogP contribution in [0.4, 0.5) is 0 Å². The molecule has 0 aromatic rings. The van der Waals surface area contributed by atoms with Crippen LogP contribution in [0.25, 0.3) is 0 Å². The average Bonchev–Trinajstić information content (AvgIpc) is 2.34. The van der Waals surface area contributed by atoms with Crippen molar-refractivity contribution in [2.24, 2.45) is 0 Å². The van der Waals surface area contributed by atoms with Gasteiger partial charge >= 0.3 is 7.82 Å². The van der Waals surface area contributed by atoms with E-state index < -0.39 is 7.82 Å². The first-order chi connectivity index (χ1) is 8.68. The molecular formula is C13H29O4P. The third-order valence-electron chi connectivity index (χ3n) is 2.53. The van der Waals surface area contributed by atoms with Crippen LogP contribution in [0.1, 0.15) is 65.7 Å². The first-order valence-electron chi connectivity index (χ1n) is 7.22. The van der Waals surface area contributed by atoms with Crippen molar-refractivity contribution in [1.29, 1.82) is 0 Å². The van der Waals surface area contributed by atoms with Crippen molar-refractivity contribution in [3.05, 3.63) is 0 Å². The molecule has 1 atom stereocenters. The van der Waals surface area contributed by atoms with Crippen LogP contribution >= 0.6 is 7.82 Å². The fourth-order valence-electron chi connectivity index (χ4n) is 1.47. The summed E-state index contributed by atoms with van der Waals surface area (Å²) in [4.78, 5) is 0. The third-order valence-corrected chi connectivity index (χ3v) is 4.10. The van der Waals surface area contributed by atoms with Crippen LogP contribution in [0.3, 0.4) is 0 Å². The van der Waals surface area contributed by atoms with Gasteiger partial charge in [0.2, 0.25) is 0 Å². The Bertz CT molecular complexity index is 221. The highest BCUT2D eigenvalue weighted by molar-refractivity contribution is 7.48. The molecule has 0 fully saturated rings. The van der Waals surface area contributed by atoms with Crippen LogP contribution in [0.15, 0.2) is 0 Å². The lowest BCUT2D eigenvalue weighted by atomic mass is 10.2. The highest BCUT2D eigenvalue weighted by atomic mass is 31.2. The quantitative estimate of drug-likeness (QED) is 0.354. The summed E-state index contributed by atoms with van der Waals surface area (Å²) in [5, 5.41) is 0. The van der Waals surface area contributed by atoms with Gasteiger partial charge in [0.15, 0.2) is 0 Å². The Morgan fingerprint density at radius 1 is 0.722 bits per heavy atom. The lowest BCUT2D eigenvalue weighted by molar-refractivity contribution is 0.114. The second-order valence-corrected chi connectivity index (χ2v) is 5.97. The van der Waals surface area contributed by atoms with E-state index in [-0.39, 0.29) is 0 Å². The predicted octanol–water partition coefficient (Wildman–Crippen LogP) is 4.93. The largest absolute Gasteiger partial charge is 0.474 e. The molecule has 110 valence electrons. The van der Waals surface area contributed by atoms with Crippen molar-refractivity contribution >= 4 is 7.82 Å². The fourth-order valence-corrected chi connectivity index (χ4v) is 2.72. The van der Waals surface area contributed by atoms with Gasteiger partial charge in [0, 0.05) is 0 Å². The van der Waals surface area contributed by atoms with Crippen molar-refractivity contribution in [2.75, 3.05) is 19.8 Å². The lowest BCUT2D eigenvalue weighted by Gasteiger charge is -2.17. The van der Waals surface area contributed by atoms with Crippen LogP contribution in [0.2, 0.25) is 0 Å². The summed E-state index contributed by atoms with van der Waals surface area (Å²) < 4.78 is 27.8. The smallest absolute Gasteiger partial charge is 0.287 e. The normalized spacial score (nSPS) is 14.6. The van der Waals surface area contributed by atoms with Crippen molar-refractivity contribution in [3.63, 3.8) is 0 Å². The first kappa shape index (κ1) is 18.1. The monoisotopic (exact) mass is 280 g/mol. The number of phosphoric ester groups is 1. The maximum absolute atomic E-state index is 12.1. The summed E-state index contributed by atoms with van der Waals surface area (Å²) in [7, 11) is -3.30. The molecule has 5 heteroatoms. The van der Waals surface area contributed by atoms with Crippen molar-refractivity contribution in [1.82, 2.24) is 0 Å². The number of rotatable bonds is 13. The molecule has 0 aliphatic rings. The Morgan fingerprint density at radius 2 is 1.28 bits per heavy atom.